The van der Waals surface area contributed by atoms with Crippen LogP contribution in [0, 0.1) is 23.7 Å². The van der Waals surface area contributed by atoms with Gasteiger partial charge >= 0.3 is 0 Å². The number of nitrogens with one attached hydrogen (secondary N) is 1. The third kappa shape index (κ3) is 3.32. The average molecular weight is 194 g/mol. The second-order valence-electron chi connectivity index (χ2n) is 4.44. The van der Waals surface area contributed by atoms with Crippen molar-refractivity contribution < 1.29 is 0 Å². The fraction of sp³-hybridized carbons (Fsp3) is 0.833. The van der Waals surface area contributed by atoms with E-state index in [9.17, 15) is 0 Å². The molecule has 0 saturated heterocycles. The number of hydrazine groups is 1. The van der Waals surface area contributed by atoms with Crippen molar-refractivity contribution >= 4 is 0 Å². The summed E-state index contributed by atoms with van der Waals surface area (Å²) in [5, 5.41) is 0. The van der Waals surface area contributed by atoms with E-state index >= 15 is 0 Å². The summed E-state index contributed by atoms with van der Waals surface area (Å²) in [5.74, 6) is 13.2. The summed E-state index contributed by atoms with van der Waals surface area (Å²) >= 11 is 0. The zero-order valence-corrected chi connectivity index (χ0v) is 9.34. The van der Waals surface area contributed by atoms with Crippen molar-refractivity contribution in [3.63, 3.8) is 0 Å². The molecule has 80 valence electrons. The van der Waals surface area contributed by atoms with E-state index in [1.807, 2.05) is 6.92 Å². The van der Waals surface area contributed by atoms with Crippen LogP contribution in [0.15, 0.2) is 0 Å². The summed E-state index contributed by atoms with van der Waals surface area (Å²) in [6.07, 6.45) is 6.24. The van der Waals surface area contributed by atoms with Gasteiger partial charge in [-0.2, -0.15) is 0 Å². The van der Waals surface area contributed by atoms with E-state index in [0.29, 0.717) is 6.04 Å². The molecule has 2 nitrogen and oxygen atoms in total. The third-order valence-electron chi connectivity index (χ3n) is 3.26. The standard InChI is InChI=1S/C12H22N2/c1-3-4-8-12(14-13)11-7-5-6-10(2)9-11/h10-12,14H,5-9,13H2,1-2H3. The van der Waals surface area contributed by atoms with Crippen LogP contribution in [0.25, 0.3) is 0 Å². The first-order valence-electron chi connectivity index (χ1n) is 5.63. The number of rotatable bonds is 3. The lowest BCUT2D eigenvalue weighted by molar-refractivity contribution is 0.225. The molecule has 14 heavy (non-hydrogen) atoms. The smallest absolute Gasteiger partial charge is 0.0348 e. The highest BCUT2D eigenvalue weighted by Crippen LogP contribution is 2.31. The summed E-state index contributed by atoms with van der Waals surface area (Å²) in [7, 11) is 0. The Morgan fingerprint density at radius 1 is 1.50 bits per heavy atom. The van der Waals surface area contributed by atoms with Crippen LogP contribution in [0.2, 0.25) is 0 Å². The molecule has 3 unspecified atom stereocenters. The first-order chi connectivity index (χ1) is 6.77. The first-order valence-corrected chi connectivity index (χ1v) is 5.63. The van der Waals surface area contributed by atoms with Gasteiger partial charge in [-0.1, -0.05) is 19.8 Å². The predicted molar refractivity (Wildman–Crippen MR) is 60.3 cm³/mol. The highest BCUT2D eigenvalue weighted by molar-refractivity contribution is 4.99. The summed E-state index contributed by atoms with van der Waals surface area (Å²) in [6.45, 7) is 4.22. The fourth-order valence-corrected chi connectivity index (χ4v) is 2.42. The van der Waals surface area contributed by atoms with E-state index in [1.54, 1.807) is 0 Å². The molecule has 2 heteroatoms. The molecular formula is C12H22N2. The zero-order chi connectivity index (χ0) is 10.4. The van der Waals surface area contributed by atoms with Crippen molar-refractivity contribution in [1.29, 1.82) is 0 Å². The molecule has 0 aromatic carbocycles. The fourth-order valence-electron chi connectivity index (χ4n) is 2.42. The molecule has 0 radical (unpaired) electrons. The Morgan fingerprint density at radius 2 is 2.29 bits per heavy atom. The maximum Gasteiger partial charge on any atom is 0.0348 e. The van der Waals surface area contributed by atoms with Gasteiger partial charge in [-0.15, -0.1) is 11.8 Å². The molecule has 3 N–H and O–H groups in total. The SMILES string of the molecule is CC#CCC(NN)C1CCCC(C)C1. The molecule has 0 amide bonds. The average Bonchev–Trinajstić information content (AvgIpc) is 2.19. The molecule has 0 aliphatic heterocycles. The normalized spacial score (nSPS) is 29.1. The van der Waals surface area contributed by atoms with Gasteiger partial charge in [-0.25, -0.2) is 0 Å². The van der Waals surface area contributed by atoms with E-state index in [1.165, 1.54) is 25.7 Å². The van der Waals surface area contributed by atoms with E-state index in [2.05, 4.69) is 24.2 Å². The van der Waals surface area contributed by atoms with Gasteiger partial charge in [0.25, 0.3) is 0 Å². The van der Waals surface area contributed by atoms with Gasteiger partial charge < -0.3 is 0 Å². The van der Waals surface area contributed by atoms with Crippen LogP contribution in [0.3, 0.4) is 0 Å². The van der Waals surface area contributed by atoms with E-state index in [0.717, 1.165) is 18.3 Å². The Labute approximate surface area is 87.6 Å². The maximum atomic E-state index is 5.57. The zero-order valence-electron chi connectivity index (χ0n) is 9.34. The molecule has 1 saturated carbocycles. The Hall–Kier alpha value is -0.520. The molecule has 0 heterocycles. The van der Waals surface area contributed by atoms with E-state index < -0.39 is 0 Å². The Balaban J connectivity index is 2.44. The van der Waals surface area contributed by atoms with Crippen LogP contribution in [0.1, 0.15) is 46.0 Å². The molecule has 3 atom stereocenters. The van der Waals surface area contributed by atoms with Gasteiger partial charge in [0.05, 0.1) is 0 Å². The van der Waals surface area contributed by atoms with Crippen LogP contribution in [-0.2, 0) is 0 Å². The topological polar surface area (TPSA) is 38.0 Å². The van der Waals surface area contributed by atoms with Gasteiger partial charge in [0.1, 0.15) is 0 Å². The van der Waals surface area contributed by atoms with Crippen molar-refractivity contribution in [2.75, 3.05) is 0 Å². The largest absolute Gasteiger partial charge is 0.271 e. The lowest BCUT2D eigenvalue weighted by Gasteiger charge is -2.32. The molecule has 0 aromatic heterocycles. The Morgan fingerprint density at radius 3 is 2.86 bits per heavy atom. The molecule has 1 aliphatic rings. The van der Waals surface area contributed by atoms with Crippen LogP contribution in [0.5, 0.6) is 0 Å². The predicted octanol–water partition coefficient (Wildman–Crippen LogP) is 2.06. The molecule has 0 aromatic rings. The van der Waals surface area contributed by atoms with Crippen molar-refractivity contribution in [3.8, 4) is 11.8 Å². The summed E-state index contributed by atoms with van der Waals surface area (Å²) < 4.78 is 0. The number of hydrogen-bond acceptors (Lipinski definition) is 2. The Bertz CT molecular complexity index is 214. The lowest BCUT2D eigenvalue weighted by Crippen LogP contribution is -2.42. The Kier molecular flexibility index (Phi) is 5.00. The highest BCUT2D eigenvalue weighted by atomic mass is 15.2. The summed E-state index contributed by atoms with van der Waals surface area (Å²) in [6, 6.07) is 0.394. The minimum atomic E-state index is 0.394. The molecule has 0 spiro atoms. The highest BCUT2D eigenvalue weighted by Gasteiger charge is 2.25. The van der Waals surface area contributed by atoms with E-state index in [4.69, 9.17) is 5.84 Å². The van der Waals surface area contributed by atoms with Gasteiger partial charge in [-0.3, -0.25) is 11.3 Å². The third-order valence-corrected chi connectivity index (χ3v) is 3.26. The minimum Gasteiger partial charge on any atom is -0.271 e. The molecule has 1 aliphatic carbocycles. The van der Waals surface area contributed by atoms with Crippen molar-refractivity contribution in [2.45, 2.75) is 52.0 Å². The molecule has 1 fully saturated rings. The summed E-state index contributed by atoms with van der Waals surface area (Å²) in [5.41, 5.74) is 2.92. The van der Waals surface area contributed by atoms with Gasteiger partial charge in [0.2, 0.25) is 0 Å². The number of hydrogen-bond donors (Lipinski definition) is 2. The minimum absolute atomic E-state index is 0.394. The second kappa shape index (κ2) is 6.06. The first kappa shape index (κ1) is 11.6. The van der Waals surface area contributed by atoms with Crippen molar-refractivity contribution in [2.24, 2.45) is 17.7 Å². The quantitative estimate of drug-likeness (QED) is 0.410. The summed E-state index contributed by atoms with van der Waals surface area (Å²) in [4.78, 5) is 0. The van der Waals surface area contributed by atoms with Gasteiger partial charge in [-0.05, 0) is 31.6 Å². The van der Waals surface area contributed by atoms with Crippen LogP contribution < -0.4 is 11.3 Å². The van der Waals surface area contributed by atoms with Crippen LogP contribution >= 0.6 is 0 Å². The maximum absolute atomic E-state index is 5.57. The molecule has 0 bridgehead atoms. The second-order valence-corrected chi connectivity index (χ2v) is 4.44. The molecule has 1 rings (SSSR count). The van der Waals surface area contributed by atoms with Gasteiger partial charge in [0.15, 0.2) is 0 Å². The molecular weight excluding hydrogens is 172 g/mol. The van der Waals surface area contributed by atoms with Crippen molar-refractivity contribution in [3.05, 3.63) is 0 Å². The van der Waals surface area contributed by atoms with Crippen molar-refractivity contribution in [1.82, 2.24) is 5.43 Å². The monoisotopic (exact) mass is 194 g/mol. The van der Waals surface area contributed by atoms with Crippen LogP contribution in [-0.4, -0.2) is 6.04 Å². The van der Waals surface area contributed by atoms with Crippen LogP contribution in [0.4, 0.5) is 0 Å². The van der Waals surface area contributed by atoms with E-state index in [-0.39, 0.29) is 0 Å². The lowest BCUT2D eigenvalue weighted by atomic mass is 9.78. The van der Waals surface area contributed by atoms with Gasteiger partial charge in [0, 0.05) is 12.5 Å². The number of nitrogens with two attached hydrogens (primary N) is 1.